The number of nitrogens with zero attached hydrogens (tertiary/aromatic N) is 3. The summed E-state index contributed by atoms with van der Waals surface area (Å²) in [6.45, 7) is 1.97. The molecule has 6 nitrogen and oxygen atoms in total. The van der Waals surface area contributed by atoms with Gasteiger partial charge in [-0.15, -0.1) is 0 Å². The van der Waals surface area contributed by atoms with Gasteiger partial charge >= 0.3 is 12.4 Å². The van der Waals surface area contributed by atoms with E-state index in [2.05, 4.69) is 20.6 Å². The third kappa shape index (κ3) is 7.22. The van der Waals surface area contributed by atoms with Gasteiger partial charge in [0.2, 0.25) is 0 Å². The van der Waals surface area contributed by atoms with E-state index in [1.807, 2.05) is 25.1 Å². The van der Waals surface area contributed by atoms with E-state index in [-0.39, 0.29) is 24.6 Å². The zero-order valence-electron chi connectivity index (χ0n) is 19.5. The van der Waals surface area contributed by atoms with Crippen LogP contribution in [0.4, 0.5) is 38.0 Å². The monoisotopic (exact) mass is 503 g/mol. The summed E-state index contributed by atoms with van der Waals surface area (Å²) >= 11 is 0. The van der Waals surface area contributed by atoms with Crippen molar-refractivity contribution >= 4 is 17.5 Å². The summed E-state index contributed by atoms with van der Waals surface area (Å²) in [4.78, 5) is 23.0. The summed E-state index contributed by atoms with van der Waals surface area (Å²) in [5.74, 6) is 1.23. The van der Waals surface area contributed by atoms with Gasteiger partial charge in [0.05, 0.1) is 11.1 Å². The molecule has 0 atom stereocenters. The Balaban J connectivity index is 1.57. The first kappa shape index (κ1) is 26.6. The van der Waals surface area contributed by atoms with E-state index in [0.29, 0.717) is 23.8 Å². The largest absolute Gasteiger partial charge is 0.416 e. The number of alkyl halides is 6. The predicted octanol–water partition coefficient (Wildman–Crippen LogP) is 5.29. The molecule has 12 heteroatoms. The van der Waals surface area contributed by atoms with Crippen LogP contribution in [0.15, 0.2) is 24.3 Å². The van der Waals surface area contributed by atoms with Crippen molar-refractivity contribution in [3.8, 4) is 0 Å². The summed E-state index contributed by atoms with van der Waals surface area (Å²) in [5.41, 5.74) is -3.69. The first-order chi connectivity index (χ1) is 16.2. The van der Waals surface area contributed by atoms with E-state index in [1.165, 1.54) is 0 Å². The van der Waals surface area contributed by atoms with Gasteiger partial charge in [-0.3, -0.25) is 4.79 Å². The normalized spacial score (nSPS) is 18.8. The first-order valence-corrected chi connectivity index (χ1v) is 11.1. The van der Waals surface area contributed by atoms with Crippen molar-refractivity contribution in [3.05, 3.63) is 46.8 Å². The fourth-order valence-electron chi connectivity index (χ4n) is 4.00. The number of halogens is 6. The van der Waals surface area contributed by atoms with Gasteiger partial charge in [0, 0.05) is 38.3 Å². The van der Waals surface area contributed by atoms with Crippen LogP contribution in [0.3, 0.4) is 0 Å². The smallest absolute Gasteiger partial charge is 0.367 e. The minimum Gasteiger partial charge on any atom is -0.367 e. The van der Waals surface area contributed by atoms with Crippen LogP contribution < -0.4 is 15.5 Å². The highest BCUT2D eigenvalue weighted by Crippen LogP contribution is 2.36. The Kier molecular flexibility index (Phi) is 7.80. The Morgan fingerprint density at radius 3 is 2.03 bits per heavy atom. The average molecular weight is 503 g/mol. The van der Waals surface area contributed by atoms with Crippen molar-refractivity contribution in [2.45, 2.75) is 51.0 Å². The highest BCUT2D eigenvalue weighted by atomic mass is 19.4. The Hall–Kier alpha value is -3.05. The summed E-state index contributed by atoms with van der Waals surface area (Å²) in [7, 11) is 3.77. The van der Waals surface area contributed by atoms with Gasteiger partial charge in [-0.05, 0) is 56.7 Å². The molecule has 1 aromatic carbocycles. The number of nitrogens with one attached hydrogen (secondary N) is 2. The van der Waals surface area contributed by atoms with Crippen molar-refractivity contribution in [2.75, 3.05) is 30.9 Å². The molecule has 2 aromatic rings. The van der Waals surface area contributed by atoms with Crippen molar-refractivity contribution < 1.29 is 31.1 Å². The third-order valence-corrected chi connectivity index (χ3v) is 5.88. The molecule has 1 amide bonds. The SMILES string of the molecule is Cc1nc(NC2CCC(CNC(=O)c3cc(C(F)(F)F)cc(C(F)(F)F)c3)CC2)cc(N(C)C)n1. The van der Waals surface area contributed by atoms with Crippen molar-refractivity contribution in [3.63, 3.8) is 0 Å². The first-order valence-electron chi connectivity index (χ1n) is 11.1. The summed E-state index contributed by atoms with van der Waals surface area (Å²) in [6.07, 6.45) is -6.97. The molecule has 3 rings (SSSR count). The topological polar surface area (TPSA) is 70.2 Å². The van der Waals surface area contributed by atoms with Gasteiger partial charge < -0.3 is 15.5 Å². The molecule has 192 valence electrons. The van der Waals surface area contributed by atoms with Crippen LogP contribution in [-0.4, -0.2) is 42.6 Å². The fraction of sp³-hybridized carbons (Fsp3) is 0.522. The minimum atomic E-state index is -5.00. The lowest BCUT2D eigenvalue weighted by Crippen LogP contribution is -2.34. The van der Waals surface area contributed by atoms with E-state index in [4.69, 9.17) is 0 Å². The van der Waals surface area contributed by atoms with E-state index in [9.17, 15) is 31.1 Å². The molecule has 1 aliphatic rings. The molecule has 35 heavy (non-hydrogen) atoms. The molecule has 0 spiro atoms. The lowest BCUT2D eigenvalue weighted by atomic mass is 9.86. The van der Waals surface area contributed by atoms with Gasteiger partial charge in [0.25, 0.3) is 5.91 Å². The van der Waals surface area contributed by atoms with Crippen molar-refractivity contribution in [1.82, 2.24) is 15.3 Å². The van der Waals surface area contributed by atoms with Crippen molar-refractivity contribution in [1.29, 1.82) is 0 Å². The lowest BCUT2D eigenvalue weighted by molar-refractivity contribution is -0.143. The molecule has 1 heterocycles. The van der Waals surface area contributed by atoms with E-state index >= 15 is 0 Å². The van der Waals surface area contributed by atoms with E-state index in [1.54, 1.807) is 6.92 Å². The van der Waals surface area contributed by atoms with Gasteiger partial charge in [0.1, 0.15) is 17.5 Å². The molecule has 1 fully saturated rings. The Morgan fingerprint density at radius 1 is 0.943 bits per heavy atom. The molecular formula is C23H27F6N5O. The zero-order valence-corrected chi connectivity index (χ0v) is 19.5. The number of hydrogen-bond donors (Lipinski definition) is 2. The third-order valence-electron chi connectivity index (χ3n) is 5.88. The average Bonchev–Trinajstić information content (AvgIpc) is 2.76. The van der Waals surface area contributed by atoms with Gasteiger partial charge in [-0.2, -0.15) is 26.3 Å². The van der Waals surface area contributed by atoms with Crippen LogP contribution in [0.1, 0.15) is 53.0 Å². The number of benzene rings is 1. The molecule has 0 radical (unpaired) electrons. The molecular weight excluding hydrogens is 476 g/mol. The van der Waals surface area contributed by atoms with Crippen LogP contribution in [0.25, 0.3) is 0 Å². The van der Waals surface area contributed by atoms with E-state index < -0.39 is 35.0 Å². The Morgan fingerprint density at radius 2 is 1.51 bits per heavy atom. The number of amides is 1. The highest BCUT2D eigenvalue weighted by molar-refractivity contribution is 5.94. The summed E-state index contributed by atoms with van der Waals surface area (Å²) in [6, 6.07) is 2.90. The van der Waals surface area contributed by atoms with E-state index in [0.717, 1.165) is 31.5 Å². The zero-order chi connectivity index (χ0) is 26.0. The van der Waals surface area contributed by atoms with Crippen LogP contribution in [0.5, 0.6) is 0 Å². The molecule has 0 bridgehead atoms. The van der Waals surface area contributed by atoms with Crippen LogP contribution >= 0.6 is 0 Å². The second kappa shape index (κ2) is 10.3. The second-order valence-electron chi connectivity index (χ2n) is 8.92. The lowest BCUT2D eigenvalue weighted by Gasteiger charge is -2.29. The standard InChI is InChI=1S/C23H27F6N5O/c1-13-31-19(11-20(32-13)34(2)3)33-18-6-4-14(5-7-18)12-30-21(35)15-8-16(22(24,25)26)10-17(9-15)23(27,28)29/h8-11,14,18H,4-7,12H2,1-3H3,(H,30,35)(H,31,32,33). The Bertz CT molecular complexity index is 1010. The number of carbonyl (C=O) groups excluding carboxylic acids is 1. The maximum atomic E-state index is 13.0. The number of aryl methyl sites for hydroxylation is 1. The molecule has 0 aliphatic heterocycles. The Labute approximate surface area is 199 Å². The molecule has 2 N–H and O–H groups in total. The predicted molar refractivity (Wildman–Crippen MR) is 119 cm³/mol. The molecule has 0 saturated heterocycles. The molecule has 1 saturated carbocycles. The summed E-state index contributed by atoms with van der Waals surface area (Å²) in [5, 5.41) is 5.89. The summed E-state index contributed by atoms with van der Waals surface area (Å²) < 4.78 is 78.2. The quantitative estimate of drug-likeness (QED) is 0.525. The van der Waals surface area contributed by atoms with Crippen molar-refractivity contribution in [2.24, 2.45) is 5.92 Å². The molecule has 1 aromatic heterocycles. The van der Waals surface area contributed by atoms with Crippen LogP contribution in [0, 0.1) is 12.8 Å². The fourth-order valence-corrected chi connectivity index (χ4v) is 4.00. The highest BCUT2D eigenvalue weighted by Gasteiger charge is 2.37. The molecule has 1 aliphatic carbocycles. The number of carbonyl (C=O) groups is 1. The minimum absolute atomic E-state index is 0.00565. The number of rotatable bonds is 6. The van der Waals surface area contributed by atoms with Gasteiger partial charge in [-0.1, -0.05) is 0 Å². The number of aromatic nitrogens is 2. The maximum Gasteiger partial charge on any atom is 0.416 e. The van der Waals surface area contributed by atoms with Crippen LogP contribution in [0.2, 0.25) is 0 Å². The molecule has 0 unspecified atom stereocenters. The van der Waals surface area contributed by atoms with Gasteiger partial charge in [0.15, 0.2) is 0 Å². The number of anilines is 2. The van der Waals surface area contributed by atoms with Gasteiger partial charge in [-0.25, -0.2) is 9.97 Å². The number of hydrogen-bond acceptors (Lipinski definition) is 5. The second-order valence-corrected chi connectivity index (χ2v) is 8.92. The maximum absolute atomic E-state index is 13.0. The van der Waals surface area contributed by atoms with Crippen LogP contribution in [-0.2, 0) is 12.4 Å².